The molecule has 2 amide bonds. The van der Waals surface area contributed by atoms with Crippen LogP contribution in [0.15, 0.2) is 49.0 Å². The van der Waals surface area contributed by atoms with E-state index in [4.69, 9.17) is 19.2 Å². The highest BCUT2D eigenvalue weighted by Gasteiger charge is 2.37. The van der Waals surface area contributed by atoms with Gasteiger partial charge >= 0.3 is 0 Å². The molecule has 2 unspecified atom stereocenters. The monoisotopic (exact) mass is 613 g/mol. The van der Waals surface area contributed by atoms with Crippen molar-refractivity contribution in [1.29, 1.82) is 0 Å². The number of thioether (sulfide) groups is 1. The fraction of sp³-hybridized carbons (Fsp3) is 0.324. The van der Waals surface area contributed by atoms with E-state index in [0.29, 0.717) is 36.7 Å². The van der Waals surface area contributed by atoms with E-state index >= 15 is 0 Å². The molecule has 3 heterocycles. The molecule has 10 heteroatoms. The molecular weight excluding hydrogens is 578 g/mol. The number of ether oxygens (including phenoxy) is 3. The summed E-state index contributed by atoms with van der Waals surface area (Å²) in [5.74, 6) is 2.96. The van der Waals surface area contributed by atoms with E-state index in [-0.39, 0.29) is 17.8 Å². The Bertz CT molecular complexity index is 1830. The summed E-state index contributed by atoms with van der Waals surface area (Å²) in [6, 6.07) is 13.3. The number of nitrogens with zero attached hydrogens (tertiary/aromatic N) is 2. The summed E-state index contributed by atoms with van der Waals surface area (Å²) in [7, 11) is 1.95. The third kappa shape index (κ3) is 5.50. The second kappa shape index (κ2) is 11.2. The number of phenols is 1. The maximum Gasteiger partial charge on any atom is 0.286 e. The number of hydrogen-bond acceptors (Lipinski definition) is 8. The number of nitrogens with one attached hydrogen (secondary N) is 1. The Labute approximate surface area is 260 Å². The first-order chi connectivity index (χ1) is 20.9. The highest BCUT2D eigenvalue weighted by molar-refractivity contribution is 8.15. The summed E-state index contributed by atoms with van der Waals surface area (Å²) in [5, 5.41) is 12.2. The Kier molecular flexibility index (Phi) is 7.57. The average molecular weight is 614 g/mol. The fourth-order valence-electron chi connectivity index (χ4n) is 5.85. The summed E-state index contributed by atoms with van der Waals surface area (Å²) in [6.07, 6.45) is 1.06. The molecule has 9 nitrogen and oxygen atoms in total. The van der Waals surface area contributed by atoms with Gasteiger partial charge in [-0.2, -0.15) is 0 Å². The highest BCUT2D eigenvalue weighted by Crippen LogP contribution is 2.47. The van der Waals surface area contributed by atoms with Gasteiger partial charge in [-0.1, -0.05) is 30.5 Å². The van der Waals surface area contributed by atoms with Gasteiger partial charge in [0, 0.05) is 30.7 Å². The van der Waals surface area contributed by atoms with Crippen LogP contribution in [0.25, 0.3) is 16.6 Å². The SMILES string of the molecule is C=C1CC(C)(COc2ccc3nc(COc4ccc(CC5SC(=O)NC5=O)cc4)n(C)c3c2)Oc2c(C)c(C)c(O)c(C)c21. The van der Waals surface area contributed by atoms with Gasteiger partial charge in [0.25, 0.3) is 5.24 Å². The maximum atomic E-state index is 11.8. The quantitative estimate of drug-likeness (QED) is 0.238. The van der Waals surface area contributed by atoms with Crippen LogP contribution in [-0.2, 0) is 24.9 Å². The number of hydrogen-bond donors (Lipinski definition) is 2. The normalized spacial score (nSPS) is 19.6. The zero-order valence-electron chi connectivity index (χ0n) is 25.4. The third-order valence-electron chi connectivity index (χ3n) is 8.47. The number of carbonyl (C=O) groups is 2. The highest BCUT2D eigenvalue weighted by atomic mass is 32.2. The van der Waals surface area contributed by atoms with E-state index in [0.717, 1.165) is 67.8 Å². The number of benzene rings is 3. The minimum Gasteiger partial charge on any atom is -0.507 e. The van der Waals surface area contributed by atoms with Crippen LogP contribution in [0.5, 0.6) is 23.0 Å². The number of imide groups is 1. The first kappa shape index (κ1) is 29.6. The first-order valence-electron chi connectivity index (χ1n) is 14.4. The van der Waals surface area contributed by atoms with Crippen LogP contribution in [0.3, 0.4) is 0 Å². The summed E-state index contributed by atoms with van der Waals surface area (Å²) >= 11 is 1.03. The van der Waals surface area contributed by atoms with Crippen LogP contribution < -0.4 is 19.5 Å². The maximum absolute atomic E-state index is 11.8. The lowest BCUT2D eigenvalue weighted by Crippen LogP contribution is -2.42. The van der Waals surface area contributed by atoms with E-state index < -0.39 is 10.9 Å². The Morgan fingerprint density at radius 2 is 1.82 bits per heavy atom. The predicted molar refractivity (Wildman–Crippen MR) is 171 cm³/mol. The minimum absolute atomic E-state index is 0.244. The number of aryl methyl sites for hydroxylation is 1. The standard InChI is InChI=1S/C34H35N3O6S/c1-18-15-34(5,43-31-20(3)19(2)30(38)21(4)29(18)31)17-42-24-11-12-25-26(14-24)37(6)28(35-25)16-41-23-9-7-22(8-10-23)13-27-32(39)36-33(40)44-27/h7-12,14,27,38H,1,13,15-17H2,2-6H3,(H,36,39,40). The van der Waals surface area contributed by atoms with E-state index in [1.54, 1.807) is 0 Å². The van der Waals surface area contributed by atoms with E-state index in [1.165, 1.54) is 0 Å². The second-order valence-corrected chi connectivity index (χ2v) is 13.0. The zero-order chi connectivity index (χ0) is 31.3. The molecule has 4 aromatic rings. The number of aromatic nitrogens is 2. The Hall–Kier alpha value is -4.44. The number of rotatable bonds is 8. The first-order valence-corrected chi connectivity index (χ1v) is 15.3. The molecule has 228 valence electrons. The zero-order valence-corrected chi connectivity index (χ0v) is 26.3. The number of carbonyl (C=O) groups excluding carboxylic acids is 2. The molecule has 2 aliphatic heterocycles. The largest absolute Gasteiger partial charge is 0.507 e. The van der Waals surface area contributed by atoms with Crippen LogP contribution in [-0.4, -0.2) is 43.3 Å². The van der Waals surface area contributed by atoms with Crippen LogP contribution >= 0.6 is 11.8 Å². The number of amides is 2. The van der Waals surface area contributed by atoms with E-state index in [1.807, 2.05) is 81.8 Å². The molecule has 2 aliphatic rings. The van der Waals surface area contributed by atoms with Gasteiger partial charge in [0.1, 0.15) is 47.6 Å². The van der Waals surface area contributed by atoms with Crippen molar-refractivity contribution in [3.63, 3.8) is 0 Å². The topological polar surface area (TPSA) is 112 Å². The molecule has 44 heavy (non-hydrogen) atoms. The smallest absolute Gasteiger partial charge is 0.286 e. The molecule has 2 N–H and O–H groups in total. The predicted octanol–water partition coefficient (Wildman–Crippen LogP) is 6.31. The lowest BCUT2D eigenvalue weighted by Gasteiger charge is -2.38. The fourth-order valence-corrected chi connectivity index (χ4v) is 6.71. The molecule has 0 radical (unpaired) electrons. The van der Waals surface area contributed by atoms with Crippen LogP contribution in [0, 0.1) is 20.8 Å². The molecule has 1 saturated heterocycles. The van der Waals surface area contributed by atoms with E-state index in [2.05, 4.69) is 11.9 Å². The van der Waals surface area contributed by atoms with Crippen molar-refractivity contribution in [1.82, 2.24) is 14.9 Å². The summed E-state index contributed by atoms with van der Waals surface area (Å²) in [4.78, 5) is 28.0. The number of imidazole rings is 1. The van der Waals surface area contributed by atoms with Crippen molar-refractivity contribution in [3.05, 3.63) is 82.7 Å². The average Bonchev–Trinajstić information content (AvgIpc) is 3.49. The molecule has 0 saturated carbocycles. The number of aromatic hydroxyl groups is 1. The Morgan fingerprint density at radius 1 is 1.09 bits per heavy atom. The van der Waals surface area contributed by atoms with Crippen LogP contribution in [0.1, 0.15) is 47.0 Å². The van der Waals surface area contributed by atoms with Crippen LogP contribution in [0.2, 0.25) is 0 Å². The molecule has 2 atom stereocenters. The molecule has 6 rings (SSSR count). The van der Waals surface area contributed by atoms with Gasteiger partial charge in [-0.3, -0.25) is 14.9 Å². The molecule has 1 fully saturated rings. The number of fused-ring (bicyclic) bond motifs is 2. The molecule has 0 bridgehead atoms. The Morgan fingerprint density at radius 3 is 2.52 bits per heavy atom. The molecule has 0 spiro atoms. The molecular formula is C34H35N3O6S. The van der Waals surface area contributed by atoms with Gasteiger partial charge in [-0.15, -0.1) is 0 Å². The van der Waals surface area contributed by atoms with Crippen molar-refractivity contribution in [2.45, 2.75) is 58.0 Å². The van der Waals surface area contributed by atoms with Gasteiger partial charge < -0.3 is 23.9 Å². The molecule has 3 aromatic carbocycles. The van der Waals surface area contributed by atoms with Gasteiger partial charge in [0.05, 0.1) is 16.3 Å². The van der Waals surface area contributed by atoms with Gasteiger partial charge in [0.2, 0.25) is 5.91 Å². The van der Waals surface area contributed by atoms with Crippen molar-refractivity contribution >= 4 is 39.5 Å². The molecule has 1 aromatic heterocycles. The summed E-state index contributed by atoms with van der Waals surface area (Å²) in [5.41, 5.74) is 6.40. The number of phenolic OH excluding ortho intramolecular Hbond substituents is 1. The van der Waals surface area contributed by atoms with Gasteiger partial charge in [0.15, 0.2) is 0 Å². The minimum atomic E-state index is -0.625. The van der Waals surface area contributed by atoms with Crippen molar-refractivity contribution in [3.8, 4) is 23.0 Å². The van der Waals surface area contributed by atoms with Gasteiger partial charge in [-0.05, 0) is 80.6 Å². The van der Waals surface area contributed by atoms with Crippen LogP contribution in [0.4, 0.5) is 4.79 Å². The van der Waals surface area contributed by atoms with Crippen molar-refractivity contribution in [2.75, 3.05) is 6.61 Å². The summed E-state index contributed by atoms with van der Waals surface area (Å²) < 4.78 is 20.8. The van der Waals surface area contributed by atoms with Crippen molar-refractivity contribution in [2.24, 2.45) is 7.05 Å². The second-order valence-electron chi connectivity index (χ2n) is 11.8. The Balaban J connectivity index is 1.11. The summed E-state index contributed by atoms with van der Waals surface area (Å²) in [6.45, 7) is 12.7. The lowest BCUT2D eigenvalue weighted by atomic mass is 9.84. The van der Waals surface area contributed by atoms with Gasteiger partial charge in [-0.25, -0.2) is 4.98 Å². The van der Waals surface area contributed by atoms with Crippen molar-refractivity contribution < 1.29 is 28.9 Å². The van der Waals surface area contributed by atoms with E-state index in [9.17, 15) is 14.7 Å². The lowest BCUT2D eigenvalue weighted by molar-refractivity contribution is -0.118. The third-order valence-corrected chi connectivity index (χ3v) is 9.45. The molecule has 0 aliphatic carbocycles.